The van der Waals surface area contributed by atoms with Gasteiger partial charge in [0.05, 0.1) is 11.6 Å². The average Bonchev–Trinajstić information content (AvgIpc) is 2.66. The number of nitrogens with zero attached hydrogens (tertiary/aromatic N) is 1. The Kier molecular flexibility index (Phi) is 7.80. The van der Waals surface area contributed by atoms with Crippen LogP contribution >= 0.6 is 11.8 Å². The van der Waals surface area contributed by atoms with Crippen LogP contribution in [0.3, 0.4) is 0 Å². The van der Waals surface area contributed by atoms with Gasteiger partial charge in [-0.1, -0.05) is 44.2 Å². The molecule has 6 heteroatoms. The summed E-state index contributed by atoms with van der Waals surface area (Å²) in [6, 6.07) is 8.69. The molecule has 0 aromatic heterocycles. The van der Waals surface area contributed by atoms with Crippen molar-refractivity contribution in [3.8, 4) is 6.07 Å². The van der Waals surface area contributed by atoms with Crippen LogP contribution in [-0.2, 0) is 4.79 Å². The molecule has 0 bridgehead atoms. The Morgan fingerprint density at radius 2 is 2.00 bits per heavy atom. The maximum Gasteiger partial charge on any atom is 0.253 e. The molecule has 1 fully saturated rings. The summed E-state index contributed by atoms with van der Waals surface area (Å²) in [5.74, 6) is -0.0670. The fourth-order valence-corrected chi connectivity index (χ4v) is 3.90. The van der Waals surface area contributed by atoms with Crippen LogP contribution in [0.25, 0.3) is 0 Å². The van der Waals surface area contributed by atoms with Gasteiger partial charge in [0.15, 0.2) is 0 Å². The highest BCUT2D eigenvalue weighted by molar-refractivity contribution is 7.98. The molecule has 25 heavy (non-hydrogen) atoms. The Balaban J connectivity index is 2.09. The van der Waals surface area contributed by atoms with Crippen LogP contribution in [0.2, 0.25) is 0 Å². The minimum atomic E-state index is -0.598. The van der Waals surface area contributed by atoms with Crippen LogP contribution in [0.1, 0.15) is 48.9 Å². The van der Waals surface area contributed by atoms with Gasteiger partial charge < -0.3 is 10.6 Å². The lowest BCUT2D eigenvalue weighted by molar-refractivity contribution is -0.123. The van der Waals surface area contributed by atoms with Crippen molar-refractivity contribution >= 4 is 23.6 Å². The molecular weight excluding hydrogens is 334 g/mol. The Bertz CT molecular complexity index is 636. The number of nitrogens with one attached hydrogen (secondary N) is 2. The van der Waals surface area contributed by atoms with Crippen molar-refractivity contribution in [3.05, 3.63) is 29.8 Å². The molecule has 0 unspecified atom stereocenters. The Labute approximate surface area is 153 Å². The molecule has 1 aliphatic rings. The molecule has 2 amide bonds. The first-order valence-corrected chi connectivity index (χ1v) is 9.96. The fraction of sp³-hybridized carbons (Fsp3) is 0.526. The van der Waals surface area contributed by atoms with Gasteiger partial charge in [-0.2, -0.15) is 5.26 Å². The number of hydrogen-bond acceptors (Lipinski definition) is 4. The second-order valence-electron chi connectivity index (χ2n) is 6.34. The van der Waals surface area contributed by atoms with E-state index < -0.39 is 6.04 Å². The molecule has 1 aromatic rings. The second-order valence-corrected chi connectivity index (χ2v) is 7.19. The van der Waals surface area contributed by atoms with E-state index in [0.717, 1.165) is 17.7 Å². The van der Waals surface area contributed by atoms with Crippen molar-refractivity contribution in [3.63, 3.8) is 0 Å². The summed E-state index contributed by atoms with van der Waals surface area (Å²) in [7, 11) is 0. The van der Waals surface area contributed by atoms with Gasteiger partial charge >= 0.3 is 0 Å². The van der Waals surface area contributed by atoms with Gasteiger partial charge in [0, 0.05) is 4.90 Å². The summed E-state index contributed by atoms with van der Waals surface area (Å²) < 4.78 is 0. The molecule has 1 aliphatic carbocycles. The molecule has 2 rings (SSSR count). The molecule has 134 valence electrons. The van der Waals surface area contributed by atoms with Crippen molar-refractivity contribution in [2.75, 3.05) is 12.8 Å². The number of rotatable bonds is 7. The molecule has 1 atom stereocenters. The van der Waals surface area contributed by atoms with E-state index in [4.69, 9.17) is 5.26 Å². The van der Waals surface area contributed by atoms with E-state index in [1.54, 1.807) is 6.07 Å². The zero-order chi connectivity index (χ0) is 18.1. The molecule has 0 heterocycles. The predicted molar refractivity (Wildman–Crippen MR) is 99.3 cm³/mol. The summed E-state index contributed by atoms with van der Waals surface area (Å²) in [6.07, 6.45) is 8.35. The molecule has 2 N–H and O–H groups in total. The van der Waals surface area contributed by atoms with E-state index in [-0.39, 0.29) is 18.4 Å². The lowest BCUT2D eigenvalue weighted by atomic mass is 9.84. The molecule has 1 aromatic carbocycles. The van der Waals surface area contributed by atoms with E-state index in [0.29, 0.717) is 17.9 Å². The third-order valence-corrected chi connectivity index (χ3v) is 5.40. The lowest BCUT2D eigenvalue weighted by Gasteiger charge is -2.26. The predicted octanol–water partition coefficient (Wildman–Crippen LogP) is 3.12. The first-order chi connectivity index (χ1) is 12.2. The van der Waals surface area contributed by atoms with E-state index in [1.807, 2.05) is 30.5 Å². The molecule has 0 radical (unpaired) electrons. The fourth-order valence-electron chi connectivity index (χ4n) is 3.31. The Morgan fingerprint density at radius 1 is 1.28 bits per heavy atom. The van der Waals surface area contributed by atoms with Crippen molar-refractivity contribution < 1.29 is 9.59 Å². The SMILES string of the molecule is CSc1ccccc1C(=O)N[C@H](CC1CCCCC1)C(=O)NCC#N. The Hall–Kier alpha value is -2.00. The lowest BCUT2D eigenvalue weighted by Crippen LogP contribution is -2.48. The summed E-state index contributed by atoms with van der Waals surface area (Å²) in [5.41, 5.74) is 0.580. The monoisotopic (exact) mass is 359 g/mol. The van der Waals surface area contributed by atoms with E-state index >= 15 is 0 Å². The third-order valence-electron chi connectivity index (χ3n) is 4.61. The van der Waals surface area contributed by atoms with Crippen LogP contribution in [0.5, 0.6) is 0 Å². The van der Waals surface area contributed by atoms with E-state index in [9.17, 15) is 9.59 Å². The van der Waals surface area contributed by atoms with Crippen LogP contribution in [0.15, 0.2) is 29.2 Å². The number of nitriles is 1. The van der Waals surface area contributed by atoms with Crippen molar-refractivity contribution in [2.45, 2.75) is 49.5 Å². The van der Waals surface area contributed by atoms with Gasteiger partial charge in [-0.3, -0.25) is 9.59 Å². The van der Waals surface area contributed by atoms with E-state index in [1.165, 1.54) is 31.0 Å². The van der Waals surface area contributed by atoms with Crippen molar-refractivity contribution in [1.29, 1.82) is 5.26 Å². The van der Waals surface area contributed by atoms with Crippen molar-refractivity contribution in [2.24, 2.45) is 5.92 Å². The summed E-state index contributed by atoms with van der Waals surface area (Å²) >= 11 is 1.50. The average molecular weight is 359 g/mol. The maximum absolute atomic E-state index is 12.7. The molecular formula is C19H25N3O2S. The van der Waals surface area contributed by atoms with Gasteiger partial charge in [-0.25, -0.2) is 0 Å². The zero-order valence-electron chi connectivity index (χ0n) is 14.6. The van der Waals surface area contributed by atoms with E-state index in [2.05, 4.69) is 10.6 Å². The molecule has 0 spiro atoms. The van der Waals surface area contributed by atoms with Crippen LogP contribution in [0.4, 0.5) is 0 Å². The normalized spacial score (nSPS) is 15.8. The Morgan fingerprint density at radius 3 is 2.68 bits per heavy atom. The van der Waals surface area contributed by atoms with Crippen molar-refractivity contribution in [1.82, 2.24) is 10.6 Å². The summed E-state index contributed by atoms with van der Waals surface area (Å²) in [4.78, 5) is 26.0. The first kappa shape index (κ1) is 19.3. The summed E-state index contributed by atoms with van der Waals surface area (Å²) in [5, 5.41) is 14.2. The second kappa shape index (κ2) is 10.1. The standard InChI is InChI=1S/C19H25N3O2S/c1-25-17-10-6-5-9-15(17)18(23)22-16(19(24)21-12-11-20)13-14-7-3-2-4-8-14/h5-6,9-10,14,16H,2-4,7-8,12-13H2,1H3,(H,21,24)(H,22,23)/t16-/m1/s1. The topological polar surface area (TPSA) is 82.0 Å². The highest BCUT2D eigenvalue weighted by Gasteiger charge is 2.26. The molecule has 5 nitrogen and oxygen atoms in total. The quantitative estimate of drug-likeness (QED) is 0.579. The van der Waals surface area contributed by atoms with Gasteiger partial charge in [-0.15, -0.1) is 11.8 Å². The first-order valence-electron chi connectivity index (χ1n) is 8.74. The number of carbonyl (C=O) groups excluding carboxylic acids is 2. The third kappa shape index (κ3) is 5.79. The van der Waals surface area contributed by atoms with Gasteiger partial charge in [0.2, 0.25) is 5.91 Å². The highest BCUT2D eigenvalue weighted by atomic mass is 32.2. The maximum atomic E-state index is 12.7. The number of amides is 2. The van der Waals surface area contributed by atoms with Crippen LogP contribution in [-0.4, -0.2) is 30.7 Å². The number of benzene rings is 1. The minimum absolute atomic E-state index is 0.0444. The number of carbonyl (C=O) groups is 2. The van der Waals surface area contributed by atoms with Crippen LogP contribution < -0.4 is 10.6 Å². The summed E-state index contributed by atoms with van der Waals surface area (Å²) in [6.45, 7) is -0.0444. The highest BCUT2D eigenvalue weighted by Crippen LogP contribution is 2.27. The smallest absolute Gasteiger partial charge is 0.253 e. The van der Waals surface area contributed by atoms with Gasteiger partial charge in [0.1, 0.15) is 12.6 Å². The zero-order valence-corrected chi connectivity index (χ0v) is 15.4. The number of hydrogen-bond donors (Lipinski definition) is 2. The number of thioether (sulfide) groups is 1. The molecule has 0 saturated heterocycles. The van der Waals surface area contributed by atoms with Gasteiger partial charge in [0.25, 0.3) is 5.91 Å². The largest absolute Gasteiger partial charge is 0.341 e. The van der Waals surface area contributed by atoms with Crippen LogP contribution in [0, 0.1) is 17.2 Å². The molecule has 1 saturated carbocycles. The van der Waals surface area contributed by atoms with Gasteiger partial charge in [-0.05, 0) is 30.7 Å². The molecule has 0 aliphatic heterocycles. The minimum Gasteiger partial charge on any atom is -0.341 e.